The van der Waals surface area contributed by atoms with Gasteiger partial charge in [0.05, 0.1) is 20.1 Å². The number of likely N-dealkylation sites (tertiary alicyclic amines) is 1. The minimum atomic E-state index is -0.0523. The van der Waals surface area contributed by atoms with Gasteiger partial charge in [0.1, 0.15) is 5.75 Å². The molecule has 1 fully saturated rings. The molecule has 1 aliphatic heterocycles. The molecule has 1 aliphatic rings. The summed E-state index contributed by atoms with van der Waals surface area (Å²) in [5.74, 6) is 0.786. The minimum absolute atomic E-state index is 0.0183. The molecule has 4 heteroatoms. The number of amides is 1. The van der Waals surface area contributed by atoms with Gasteiger partial charge in [-0.05, 0) is 24.1 Å². The Kier molecular flexibility index (Phi) is 3.42. The zero-order valence-electron chi connectivity index (χ0n) is 9.81. The van der Waals surface area contributed by atoms with Crippen molar-refractivity contribution < 1.29 is 14.3 Å². The van der Waals surface area contributed by atoms with Crippen molar-refractivity contribution in [1.82, 2.24) is 4.90 Å². The first kappa shape index (κ1) is 11.6. The van der Waals surface area contributed by atoms with Gasteiger partial charge in [-0.3, -0.25) is 9.59 Å². The van der Waals surface area contributed by atoms with Crippen LogP contribution >= 0.6 is 0 Å². The summed E-state index contributed by atoms with van der Waals surface area (Å²) in [5.41, 5.74) is 1.14. The molecule has 17 heavy (non-hydrogen) atoms. The summed E-state index contributed by atoms with van der Waals surface area (Å²) >= 11 is 0. The summed E-state index contributed by atoms with van der Waals surface area (Å²) in [6.45, 7) is 0.881. The highest BCUT2D eigenvalue weighted by atomic mass is 16.5. The minimum Gasteiger partial charge on any atom is -0.497 e. The van der Waals surface area contributed by atoms with Crippen LogP contribution < -0.4 is 4.74 Å². The van der Waals surface area contributed by atoms with E-state index in [0.717, 1.165) is 17.7 Å². The number of ketones is 1. The summed E-state index contributed by atoms with van der Waals surface area (Å²) < 4.78 is 5.07. The second kappa shape index (κ2) is 4.99. The third kappa shape index (κ3) is 2.84. The van der Waals surface area contributed by atoms with E-state index in [4.69, 9.17) is 4.74 Å². The molecule has 0 bridgehead atoms. The molecule has 0 atom stereocenters. The molecule has 1 saturated heterocycles. The van der Waals surface area contributed by atoms with Crippen molar-refractivity contribution >= 4 is 11.7 Å². The molecule has 90 valence electrons. The van der Waals surface area contributed by atoms with Crippen LogP contribution in [0.25, 0.3) is 0 Å². The van der Waals surface area contributed by atoms with E-state index in [2.05, 4.69) is 0 Å². The summed E-state index contributed by atoms with van der Waals surface area (Å²) in [4.78, 5) is 24.1. The zero-order chi connectivity index (χ0) is 12.3. The first-order valence-corrected chi connectivity index (χ1v) is 5.61. The average Bonchev–Trinajstić information content (AvgIpc) is 2.66. The maximum Gasteiger partial charge on any atom is 0.230 e. The highest BCUT2D eigenvalue weighted by Crippen LogP contribution is 2.13. The molecular weight excluding hydrogens is 218 g/mol. The molecule has 0 radical (unpaired) electrons. The lowest BCUT2D eigenvalue weighted by atomic mass is 10.1. The molecule has 2 rings (SSSR count). The SMILES string of the molecule is COc1ccc(CCN2CC(=O)CC2=O)cc1. The van der Waals surface area contributed by atoms with Crippen LogP contribution in [0.15, 0.2) is 24.3 Å². The Balaban J connectivity index is 1.89. The zero-order valence-corrected chi connectivity index (χ0v) is 9.81. The quantitative estimate of drug-likeness (QED) is 0.730. The van der Waals surface area contributed by atoms with Gasteiger partial charge in [-0.2, -0.15) is 0 Å². The Bertz CT molecular complexity index is 425. The number of hydrogen-bond acceptors (Lipinski definition) is 3. The van der Waals surface area contributed by atoms with Crippen LogP contribution in [-0.4, -0.2) is 36.8 Å². The number of carbonyl (C=O) groups excluding carboxylic acids is 2. The Morgan fingerprint density at radius 2 is 1.94 bits per heavy atom. The summed E-state index contributed by atoms with van der Waals surface area (Å²) in [5, 5.41) is 0. The van der Waals surface area contributed by atoms with Crippen LogP contribution in [0.4, 0.5) is 0 Å². The fourth-order valence-electron chi connectivity index (χ4n) is 1.90. The van der Waals surface area contributed by atoms with Crippen molar-refractivity contribution in [2.24, 2.45) is 0 Å². The van der Waals surface area contributed by atoms with Crippen LogP contribution in [0.1, 0.15) is 12.0 Å². The fourth-order valence-corrected chi connectivity index (χ4v) is 1.90. The molecule has 0 saturated carbocycles. The van der Waals surface area contributed by atoms with E-state index in [0.29, 0.717) is 6.54 Å². The van der Waals surface area contributed by atoms with Gasteiger partial charge in [-0.1, -0.05) is 12.1 Å². The predicted molar refractivity (Wildman–Crippen MR) is 62.9 cm³/mol. The van der Waals surface area contributed by atoms with E-state index in [1.54, 1.807) is 12.0 Å². The van der Waals surface area contributed by atoms with E-state index in [1.807, 2.05) is 24.3 Å². The predicted octanol–water partition coefficient (Wildman–Crippen LogP) is 1.04. The number of hydrogen-bond donors (Lipinski definition) is 0. The van der Waals surface area contributed by atoms with Gasteiger partial charge in [0, 0.05) is 6.54 Å². The monoisotopic (exact) mass is 233 g/mol. The highest BCUT2D eigenvalue weighted by Gasteiger charge is 2.26. The first-order chi connectivity index (χ1) is 8.19. The largest absolute Gasteiger partial charge is 0.497 e. The van der Waals surface area contributed by atoms with Crippen LogP contribution in [0.3, 0.4) is 0 Å². The number of carbonyl (C=O) groups is 2. The summed E-state index contributed by atoms with van der Waals surface area (Å²) in [6.07, 6.45) is 0.839. The molecule has 0 aromatic heterocycles. The molecule has 0 unspecified atom stereocenters. The Labute approximate surface area is 100 Å². The van der Waals surface area contributed by atoms with Crippen LogP contribution in [0.5, 0.6) is 5.75 Å². The molecule has 0 aliphatic carbocycles. The second-order valence-electron chi connectivity index (χ2n) is 4.13. The van der Waals surface area contributed by atoms with Crippen molar-refractivity contribution in [2.75, 3.05) is 20.2 Å². The van der Waals surface area contributed by atoms with E-state index in [1.165, 1.54) is 0 Å². The molecule has 1 heterocycles. The van der Waals surface area contributed by atoms with Gasteiger partial charge >= 0.3 is 0 Å². The Morgan fingerprint density at radius 3 is 2.47 bits per heavy atom. The highest BCUT2D eigenvalue weighted by molar-refractivity contribution is 6.05. The summed E-state index contributed by atoms with van der Waals surface area (Å²) in [6, 6.07) is 7.74. The maximum atomic E-state index is 11.4. The lowest BCUT2D eigenvalue weighted by Gasteiger charge is -2.14. The van der Waals surface area contributed by atoms with Crippen molar-refractivity contribution in [3.63, 3.8) is 0 Å². The van der Waals surface area contributed by atoms with Crippen molar-refractivity contribution in [3.05, 3.63) is 29.8 Å². The van der Waals surface area contributed by atoms with Gasteiger partial charge in [0.25, 0.3) is 0 Å². The molecule has 1 amide bonds. The van der Waals surface area contributed by atoms with E-state index < -0.39 is 0 Å². The van der Waals surface area contributed by atoms with Gasteiger partial charge in [0.2, 0.25) is 5.91 Å². The molecule has 1 aromatic carbocycles. The molecule has 4 nitrogen and oxygen atoms in total. The van der Waals surface area contributed by atoms with Crippen LogP contribution in [0, 0.1) is 0 Å². The number of rotatable bonds is 4. The van der Waals surface area contributed by atoms with Crippen LogP contribution in [-0.2, 0) is 16.0 Å². The van der Waals surface area contributed by atoms with Gasteiger partial charge in [0.15, 0.2) is 5.78 Å². The van der Waals surface area contributed by atoms with E-state index in [9.17, 15) is 9.59 Å². The first-order valence-electron chi connectivity index (χ1n) is 5.61. The summed E-state index contributed by atoms with van der Waals surface area (Å²) in [7, 11) is 1.63. The third-order valence-corrected chi connectivity index (χ3v) is 2.90. The van der Waals surface area contributed by atoms with Gasteiger partial charge in [-0.25, -0.2) is 0 Å². The number of Topliss-reactive ketones (excluding diaryl/α,β-unsaturated/α-hetero) is 1. The number of nitrogens with zero attached hydrogens (tertiary/aromatic N) is 1. The van der Waals surface area contributed by atoms with E-state index >= 15 is 0 Å². The average molecular weight is 233 g/mol. The van der Waals surface area contributed by atoms with Gasteiger partial charge in [-0.15, -0.1) is 0 Å². The number of ether oxygens (including phenoxy) is 1. The van der Waals surface area contributed by atoms with Crippen LogP contribution in [0.2, 0.25) is 0 Å². The third-order valence-electron chi connectivity index (χ3n) is 2.90. The molecule has 1 aromatic rings. The Hall–Kier alpha value is -1.84. The maximum absolute atomic E-state index is 11.4. The lowest BCUT2D eigenvalue weighted by molar-refractivity contribution is -0.127. The molecule has 0 spiro atoms. The fraction of sp³-hybridized carbons (Fsp3) is 0.385. The smallest absolute Gasteiger partial charge is 0.230 e. The number of benzene rings is 1. The molecular formula is C13H15NO3. The Morgan fingerprint density at radius 1 is 1.24 bits per heavy atom. The topological polar surface area (TPSA) is 46.6 Å². The standard InChI is InChI=1S/C13H15NO3/c1-17-12-4-2-10(3-5-12)6-7-14-9-11(15)8-13(14)16/h2-5H,6-9H2,1H3. The second-order valence-corrected chi connectivity index (χ2v) is 4.13. The van der Waals surface area contributed by atoms with E-state index in [-0.39, 0.29) is 24.7 Å². The lowest BCUT2D eigenvalue weighted by Crippen LogP contribution is -2.27. The molecule has 0 N–H and O–H groups in total. The van der Waals surface area contributed by atoms with Gasteiger partial charge < -0.3 is 9.64 Å². The normalized spacial score (nSPS) is 15.5. The van der Waals surface area contributed by atoms with Crippen molar-refractivity contribution in [3.8, 4) is 5.75 Å². The van der Waals surface area contributed by atoms with Crippen molar-refractivity contribution in [2.45, 2.75) is 12.8 Å². The van der Waals surface area contributed by atoms with Crippen molar-refractivity contribution in [1.29, 1.82) is 0 Å². The number of methoxy groups -OCH3 is 1.